The van der Waals surface area contributed by atoms with E-state index in [1.54, 1.807) is 14.2 Å². The van der Waals surface area contributed by atoms with Gasteiger partial charge in [-0.1, -0.05) is 24.3 Å². The minimum absolute atomic E-state index is 0.831. The van der Waals surface area contributed by atoms with Crippen LogP contribution in [0.15, 0.2) is 53.5 Å². The van der Waals surface area contributed by atoms with E-state index in [-0.39, 0.29) is 0 Å². The summed E-state index contributed by atoms with van der Waals surface area (Å²) >= 11 is 0. The average Bonchev–Trinajstić information content (AvgIpc) is 3.05. The summed E-state index contributed by atoms with van der Waals surface area (Å²) in [5.41, 5.74) is 3.53. The van der Waals surface area contributed by atoms with E-state index >= 15 is 0 Å². The first-order chi connectivity index (χ1) is 13.7. The maximum atomic E-state index is 5.19. The van der Waals surface area contributed by atoms with E-state index in [0.29, 0.717) is 0 Å². The summed E-state index contributed by atoms with van der Waals surface area (Å²) < 4.78 is 7.47. The van der Waals surface area contributed by atoms with Crippen LogP contribution in [0.25, 0.3) is 11.0 Å². The van der Waals surface area contributed by atoms with Crippen LogP contribution in [0.2, 0.25) is 0 Å². The number of para-hydroxylation sites is 2. The van der Waals surface area contributed by atoms with Gasteiger partial charge in [-0.25, -0.2) is 4.98 Å². The molecule has 1 heterocycles. The number of hydrogen-bond acceptors (Lipinski definition) is 3. The average molecular weight is 380 g/mol. The van der Waals surface area contributed by atoms with E-state index in [9.17, 15) is 0 Å². The number of aromatic nitrogens is 2. The number of guanidine groups is 1. The summed E-state index contributed by atoms with van der Waals surface area (Å²) in [5.74, 6) is 2.78. The molecular weight excluding hydrogens is 350 g/mol. The van der Waals surface area contributed by atoms with Crippen LogP contribution in [-0.4, -0.2) is 42.8 Å². The molecule has 1 aromatic heterocycles. The molecule has 148 valence electrons. The Balaban J connectivity index is 1.41. The quantitative estimate of drug-likeness (QED) is 0.359. The van der Waals surface area contributed by atoms with Crippen molar-refractivity contribution in [3.05, 3.63) is 59.9 Å². The molecule has 0 radical (unpaired) electrons. The van der Waals surface area contributed by atoms with Crippen molar-refractivity contribution in [1.82, 2.24) is 20.2 Å². The summed E-state index contributed by atoms with van der Waals surface area (Å²) in [6.45, 7) is 4.68. The molecule has 0 atom stereocenters. The molecule has 0 spiro atoms. The molecule has 0 saturated heterocycles. The molecule has 28 heavy (non-hydrogen) atoms. The Labute approximate surface area is 166 Å². The second kappa shape index (κ2) is 9.78. The molecular formula is C22H29N5O. The summed E-state index contributed by atoms with van der Waals surface area (Å²) in [6.07, 6.45) is 1.94. The molecule has 0 amide bonds. The van der Waals surface area contributed by atoms with Gasteiger partial charge in [-0.3, -0.25) is 4.99 Å². The van der Waals surface area contributed by atoms with Crippen LogP contribution in [0, 0.1) is 6.92 Å². The van der Waals surface area contributed by atoms with Crippen LogP contribution in [-0.2, 0) is 13.0 Å². The first-order valence-corrected chi connectivity index (χ1v) is 9.70. The van der Waals surface area contributed by atoms with E-state index in [4.69, 9.17) is 4.74 Å². The first kappa shape index (κ1) is 19.7. The fourth-order valence-electron chi connectivity index (χ4n) is 3.26. The number of ether oxygens (including phenoxy) is 1. The number of hydrogen-bond donors (Lipinski definition) is 2. The highest BCUT2D eigenvalue weighted by Crippen LogP contribution is 2.15. The van der Waals surface area contributed by atoms with Gasteiger partial charge in [0.2, 0.25) is 0 Å². The van der Waals surface area contributed by atoms with E-state index in [0.717, 1.165) is 55.5 Å². The Kier molecular flexibility index (Phi) is 6.89. The molecule has 0 unspecified atom stereocenters. The van der Waals surface area contributed by atoms with Crippen LogP contribution in [0.5, 0.6) is 5.75 Å². The minimum atomic E-state index is 0.831. The van der Waals surface area contributed by atoms with Crippen LogP contribution in [0.1, 0.15) is 17.8 Å². The van der Waals surface area contributed by atoms with Gasteiger partial charge in [-0.15, -0.1) is 0 Å². The number of nitrogens with zero attached hydrogens (tertiary/aromatic N) is 3. The molecule has 3 rings (SSSR count). The number of nitrogens with one attached hydrogen (secondary N) is 2. The third kappa shape index (κ3) is 5.03. The summed E-state index contributed by atoms with van der Waals surface area (Å²) in [7, 11) is 3.49. The van der Waals surface area contributed by atoms with Gasteiger partial charge in [0.05, 0.1) is 18.1 Å². The van der Waals surface area contributed by atoms with Crippen molar-refractivity contribution in [2.75, 3.05) is 27.2 Å². The molecule has 2 N–H and O–H groups in total. The van der Waals surface area contributed by atoms with Gasteiger partial charge in [-0.05, 0) is 49.6 Å². The Morgan fingerprint density at radius 1 is 1.07 bits per heavy atom. The third-order valence-corrected chi connectivity index (χ3v) is 4.79. The number of imidazole rings is 1. The van der Waals surface area contributed by atoms with E-state index in [1.165, 1.54) is 11.1 Å². The number of fused-ring (bicyclic) bond motifs is 1. The van der Waals surface area contributed by atoms with E-state index in [1.807, 2.05) is 18.2 Å². The number of benzene rings is 2. The zero-order valence-corrected chi connectivity index (χ0v) is 16.9. The van der Waals surface area contributed by atoms with Crippen molar-refractivity contribution in [2.45, 2.75) is 26.3 Å². The minimum Gasteiger partial charge on any atom is -0.497 e. The molecule has 6 heteroatoms. The molecule has 6 nitrogen and oxygen atoms in total. The molecule has 0 saturated carbocycles. The summed E-state index contributed by atoms with van der Waals surface area (Å²) in [6, 6.07) is 16.4. The van der Waals surface area contributed by atoms with Gasteiger partial charge in [0.1, 0.15) is 11.6 Å². The van der Waals surface area contributed by atoms with E-state index in [2.05, 4.69) is 62.4 Å². The van der Waals surface area contributed by atoms with Crippen LogP contribution in [0.4, 0.5) is 0 Å². The smallest absolute Gasteiger partial charge is 0.190 e. The Morgan fingerprint density at radius 2 is 1.82 bits per heavy atom. The predicted octanol–water partition coefficient (Wildman–Crippen LogP) is 3.15. The highest BCUT2D eigenvalue weighted by atomic mass is 16.5. The van der Waals surface area contributed by atoms with Crippen LogP contribution in [0.3, 0.4) is 0 Å². The van der Waals surface area contributed by atoms with Gasteiger partial charge in [0.25, 0.3) is 0 Å². The second-order valence-electron chi connectivity index (χ2n) is 6.68. The summed E-state index contributed by atoms with van der Waals surface area (Å²) in [5, 5.41) is 6.76. The molecule has 0 fully saturated rings. The van der Waals surface area contributed by atoms with Crippen molar-refractivity contribution >= 4 is 17.0 Å². The van der Waals surface area contributed by atoms with Crippen molar-refractivity contribution in [1.29, 1.82) is 0 Å². The molecule has 3 aromatic rings. The van der Waals surface area contributed by atoms with Crippen molar-refractivity contribution in [2.24, 2.45) is 4.99 Å². The van der Waals surface area contributed by atoms with Gasteiger partial charge >= 0.3 is 0 Å². The van der Waals surface area contributed by atoms with Gasteiger partial charge in [-0.2, -0.15) is 0 Å². The molecule has 0 aliphatic carbocycles. The molecule has 0 aliphatic heterocycles. The van der Waals surface area contributed by atoms with Crippen molar-refractivity contribution < 1.29 is 4.74 Å². The Bertz CT molecular complexity index is 914. The SMILES string of the molecule is CN=C(NCCCn1c(C)nc2ccccc21)NCCc1ccc(OC)cc1. The normalized spacial score (nSPS) is 11.6. The monoisotopic (exact) mass is 379 g/mol. The second-order valence-corrected chi connectivity index (χ2v) is 6.68. The number of rotatable bonds is 8. The van der Waals surface area contributed by atoms with Gasteiger partial charge in [0.15, 0.2) is 5.96 Å². The topological polar surface area (TPSA) is 63.5 Å². The number of methoxy groups -OCH3 is 1. The highest BCUT2D eigenvalue weighted by Gasteiger charge is 2.06. The van der Waals surface area contributed by atoms with Crippen molar-refractivity contribution in [3.8, 4) is 5.75 Å². The van der Waals surface area contributed by atoms with Gasteiger partial charge < -0.3 is 19.9 Å². The fourth-order valence-corrected chi connectivity index (χ4v) is 3.26. The lowest BCUT2D eigenvalue weighted by Gasteiger charge is -2.13. The maximum absolute atomic E-state index is 5.19. The standard InChI is InChI=1S/C22H29N5O/c1-17-26-20-7-4-5-8-21(20)27(17)16-6-14-24-22(23-2)25-15-13-18-9-11-19(28-3)12-10-18/h4-5,7-12H,6,13-16H2,1-3H3,(H2,23,24,25). The van der Waals surface area contributed by atoms with Crippen molar-refractivity contribution in [3.63, 3.8) is 0 Å². The lowest BCUT2D eigenvalue weighted by atomic mass is 10.1. The summed E-state index contributed by atoms with van der Waals surface area (Å²) in [4.78, 5) is 8.93. The maximum Gasteiger partial charge on any atom is 0.190 e. The fraction of sp³-hybridized carbons (Fsp3) is 0.364. The molecule has 0 aliphatic rings. The third-order valence-electron chi connectivity index (χ3n) is 4.79. The lowest BCUT2D eigenvalue weighted by molar-refractivity contribution is 0.414. The highest BCUT2D eigenvalue weighted by molar-refractivity contribution is 5.79. The zero-order chi connectivity index (χ0) is 19.8. The van der Waals surface area contributed by atoms with Crippen LogP contribution >= 0.6 is 0 Å². The Hall–Kier alpha value is -3.02. The van der Waals surface area contributed by atoms with Crippen LogP contribution < -0.4 is 15.4 Å². The largest absolute Gasteiger partial charge is 0.497 e. The predicted molar refractivity (Wildman–Crippen MR) is 115 cm³/mol. The first-order valence-electron chi connectivity index (χ1n) is 9.70. The number of aryl methyl sites for hydroxylation is 2. The van der Waals surface area contributed by atoms with E-state index < -0.39 is 0 Å². The zero-order valence-electron chi connectivity index (χ0n) is 16.9. The number of aliphatic imine (C=N–C) groups is 1. The van der Waals surface area contributed by atoms with Gasteiger partial charge in [0, 0.05) is 26.7 Å². The molecule has 2 aromatic carbocycles. The Morgan fingerprint density at radius 3 is 2.57 bits per heavy atom. The lowest BCUT2D eigenvalue weighted by Crippen LogP contribution is -2.39. The molecule has 0 bridgehead atoms.